The van der Waals surface area contributed by atoms with E-state index in [1.165, 1.54) is 5.56 Å². The molecule has 1 aliphatic heterocycles. The summed E-state index contributed by atoms with van der Waals surface area (Å²) in [5.74, 6) is 0.671. The molecule has 1 N–H and O–H groups in total. The van der Waals surface area contributed by atoms with E-state index in [0.29, 0.717) is 17.5 Å². The normalized spacial score (nSPS) is 15.3. The lowest BCUT2D eigenvalue weighted by molar-refractivity contribution is 0.170. The monoisotopic (exact) mass is 342 g/mol. The van der Waals surface area contributed by atoms with Crippen molar-refractivity contribution in [1.82, 2.24) is 10.2 Å². The van der Waals surface area contributed by atoms with Crippen molar-refractivity contribution in [2.45, 2.75) is 25.8 Å². The van der Waals surface area contributed by atoms with Crippen LogP contribution in [0.25, 0.3) is 0 Å². The summed E-state index contributed by atoms with van der Waals surface area (Å²) >= 11 is 5.97. The number of hydrogen-bond donors (Lipinski definition) is 1. The van der Waals surface area contributed by atoms with Crippen LogP contribution in [0.1, 0.15) is 24.0 Å². The predicted octanol–water partition coefficient (Wildman–Crippen LogP) is 4.50. The first-order chi connectivity index (χ1) is 11.7. The van der Waals surface area contributed by atoms with Gasteiger partial charge in [0.1, 0.15) is 0 Å². The van der Waals surface area contributed by atoms with Gasteiger partial charge in [0.05, 0.1) is 0 Å². The van der Waals surface area contributed by atoms with Crippen molar-refractivity contribution in [3.63, 3.8) is 0 Å². The first-order valence-corrected chi connectivity index (χ1v) is 8.89. The number of nitrogens with one attached hydrogen (secondary N) is 1. The van der Waals surface area contributed by atoms with Crippen LogP contribution in [0.15, 0.2) is 54.6 Å². The Balaban J connectivity index is 1.43. The molecular weight excluding hydrogens is 320 g/mol. The van der Waals surface area contributed by atoms with Crippen molar-refractivity contribution >= 4 is 17.6 Å². The van der Waals surface area contributed by atoms with E-state index in [1.54, 1.807) is 0 Å². The number of carbonyl (C=O) groups excluding carboxylic acids is 1. The van der Waals surface area contributed by atoms with Crippen LogP contribution < -0.4 is 5.32 Å². The Hall–Kier alpha value is -2.00. The van der Waals surface area contributed by atoms with E-state index in [0.717, 1.165) is 37.9 Å². The number of amides is 2. The summed E-state index contributed by atoms with van der Waals surface area (Å²) in [6.07, 6.45) is 3.25. The number of hydrogen-bond acceptors (Lipinski definition) is 1. The first-order valence-electron chi connectivity index (χ1n) is 8.52. The molecule has 2 aromatic carbocycles. The number of piperidine rings is 1. The molecule has 0 spiro atoms. The number of benzene rings is 2. The van der Waals surface area contributed by atoms with Crippen molar-refractivity contribution in [2.24, 2.45) is 5.92 Å². The minimum Gasteiger partial charge on any atom is -0.334 e. The minimum absolute atomic E-state index is 0.0214. The van der Waals surface area contributed by atoms with Gasteiger partial charge in [-0.3, -0.25) is 0 Å². The van der Waals surface area contributed by atoms with E-state index in [-0.39, 0.29) is 6.03 Å². The quantitative estimate of drug-likeness (QED) is 0.871. The summed E-state index contributed by atoms with van der Waals surface area (Å²) in [5, 5.41) is 3.69. The third-order valence-corrected chi connectivity index (χ3v) is 4.84. The summed E-state index contributed by atoms with van der Waals surface area (Å²) in [5.41, 5.74) is 2.41. The fourth-order valence-corrected chi connectivity index (χ4v) is 3.44. The molecule has 1 fully saturated rings. The zero-order valence-corrected chi connectivity index (χ0v) is 14.5. The summed E-state index contributed by atoms with van der Waals surface area (Å²) in [6, 6.07) is 18.2. The summed E-state index contributed by atoms with van der Waals surface area (Å²) in [4.78, 5) is 14.2. The van der Waals surface area contributed by atoms with Gasteiger partial charge in [-0.1, -0.05) is 54.1 Å². The van der Waals surface area contributed by atoms with Crippen molar-refractivity contribution in [1.29, 1.82) is 0 Å². The molecule has 0 unspecified atom stereocenters. The van der Waals surface area contributed by atoms with Crippen LogP contribution in [-0.4, -0.2) is 24.0 Å². The van der Waals surface area contributed by atoms with Crippen molar-refractivity contribution < 1.29 is 4.79 Å². The molecule has 0 atom stereocenters. The number of rotatable bonds is 4. The van der Waals surface area contributed by atoms with Crippen LogP contribution in [0.3, 0.4) is 0 Å². The van der Waals surface area contributed by atoms with Crippen molar-refractivity contribution in [3.8, 4) is 0 Å². The number of likely N-dealkylation sites (tertiary alicyclic amines) is 1. The fraction of sp³-hybridized carbons (Fsp3) is 0.350. The molecule has 3 nitrogen and oxygen atoms in total. The molecule has 0 aliphatic carbocycles. The highest BCUT2D eigenvalue weighted by Crippen LogP contribution is 2.21. The zero-order valence-electron chi connectivity index (χ0n) is 13.7. The van der Waals surface area contributed by atoms with Crippen LogP contribution in [-0.2, 0) is 13.0 Å². The van der Waals surface area contributed by atoms with E-state index in [2.05, 4.69) is 35.6 Å². The molecule has 1 aliphatic rings. The predicted molar refractivity (Wildman–Crippen MR) is 98.1 cm³/mol. The zero-order chi connectivity index (χ0) is 16.8. The Bertz CT molecular complexity index is 666. The molecule has 126 valence electrons. The van der Waals surface area contributed by atoms with Crippen molar-refractivity contribution in [2.75, 3.05) is 13.1 Å². The van der Waals surface area contributed by atoms with Crippen LogP contribution in [0, 0.1) is 5.92 Å². The smallest absolute Gasteiger partial charge is 0.317 e. The van der Waals surface area contributed by atoms with Gasteiger partial charge < -0.3 is 10.2 Å². The highest BCUT2D eigenvalue weighted by atomic mass is 35.5. The highest BCUT2D eigenvalue weighted by Gasteiger charge is 2.22. The molecule has 1 heterocycles. The summed E-state index contributed by atoms with van der Waals surface area (Å²) < 4.78 is 0. The maximum atomic E-state index is 12.3. The molecule has 24 heavy (non-hydrogen) atoms. The molecule has 0 aromatic heterocycles. The average molecular weight is 343 g/mol. The lowest BCUT2D eigenvalue weighted by atomic mass is 9.90. The second kappa shape index (κ2) is 8.20. The Morgan fingerprint density at radius 1 is 1.04 bits per heavy atom. The highest BCUT2D eigenvalue weighted by molar-refractivity contribution is 6.30. The van der Waals surface area contributed by atoms with Gasteiger partial charge in [0.2, 0.25) is 0 Å². The molecule has 2 aromatic rings. The minimum atomic E-state index is 0.0214. The SMILES string of the molecule is O=C(NCc1cccc(Cl)c1)N1CCC(Cc2ccccc2)CC1. The van der Waals surface area contributed by atoms with Crippen LogP contribution >= 0.6 is 11.6 Å². The Morgan fingerprint density at radius 3 is 2.46 bits per heavy atom. The molecule has 0 saturated carbocycles. The van der Waals surface area contributed by atoms with Crippen LogP contribution in [0.2, 0.25) is 5.02 Å². The molecule has 0 bridgehead atoms. The Morgan fingerprint density at radius 2 is 1.75 bits per heavy atom. The van der Waals surface area contributed by atoms with Gasteiger partial charge in [-0.05, 0) is 48.4 Å². The molecule has 0 radical (unpaired) electrons. The number of halogens is 1. The van der Waals surface area contributed by atoms with E-state index in [9.17, 15) is 4.79 Å². The number of carbonyl (C=O) groups is 1. The maximum Gasteiger partial charge on any atom is 0.317 e. The van der Waals surface area contributed by atoms with Crippen LogP contribution in [0.5, 0.6) is 0 Å². The summed E-state index contributed by atoms with van der Waals surface area (Å²) in [6.45, 7) is 2.18. The molecule has 4 heteroatoms. The topological polar surface area (TPSA) is 32.3 Å². The van der Waals surface area contributed by atoms with Gasteiger partial charge in [-0.2, -0.15) is 0 Å². The van der Waals surface area contributed by atoms with Gasteiger partial charge in [-0.25, -0.2) is 4.79 Å². The van der Waals surface area contributed by atoms with E-state index in [1.807, 2.05) is 29.2 Å². The molecule has 1 saturated heterocycles. The molecule has 2 amide bonds. The largest absolute Gasteiger partial charge is 0.334 e. The van der Waals surface area contributed by atoms with Gasteiger partial charge in [0.15, 0.2) is 0 Å². The number of nitrogens with zero attached hydrogens (tertiary/aromatic N) is 1. The van der Waals surface area contributed by atoms with Crippen LogP contribution in [0.4, 0.5) is 4.79 Å². The first kappa shape index (κ1) is 16.8. The van der Waals surface area contributed by atoms with Gasteiger partial charge in [-0.15, -0.1) is 0 Å². The second-order valence-electron chi connectivity index (χ2n) is 6.41. The second-order valence-corrected chi connectivity index (χ2v) is 6.85. The Kier molecular flexibility index (Phi) is 5.76. The van der Waals surface area contributed by atoms with Gasteiger partial charge in [0.25, 0.3) is 0 Å². The van der Waals surface area contributed by atoms with E-state index < -0.39 is 0 Å². The molecule has 3 rings (SSSR count). The lowest BCUT2D eigenvalue weighted by Gasteiger charge is -2.32. The average Bonchev–Trinajstić information content (AvgIpc) is 2.61. The number of urea groups is 1. The standard InChI is InChI=1S/C20H23ClN2O/c21-19-8-4-7-18(14-19)15-22-20(24)23-11-9-17(10-12-23)13-16-5-2-1-3-6-16/h1-8,14,17H,9-13,15H2,(H,22,24). The third kappa shape index (κ3) is 4.75. The van der Waals surface area contributed by atoms with E-state index >= 15 is 0 Å². The molecular formula is C20H23ClN2O. The summed E-state index contributed by atoms with van der Waals surface area (Å²) in [7, 11) is 0. The maximum absolute atomic E-state index is 12.3. The fourth-order valence-electron chi connectivity index (χ4n) is 3.22. The lowest BCUT2D eigenvalue weighted by Crippen LogP contribution is -2.44. The van der Waals surface area contributed by atoms with Gasteiger partial charge >= 0.3 is 6.03 Å². The van der Waals surface area contributed by atoms with Crippen molar-refractivity contribution in [3.05, 3.63) is 70.7 Å². The Labute approximate surface area is 148 Å². The van der Waals surface area contributed by atoms with E-state index in [4.69, 9.17) is 11.6 Å². The van der Waals surface area contributed by atoms with Gasteiger partial charge in [0, 0.05) is 24.7 Å². The third-order valence-electron chi connectivity index (χ3n) is 4.60.